The molecule has 2 unspecified atom stereocenters. The van der Waals surface area contributed by atoms with Crippen LogP contribution in [0.15, 0.2) is 6.07 Å². The SMILES string of the molecule is CC(CCN1Cc2cc(C#CC#CC3(CO)CC3)sc2C1=O)(C(=O)NOC1CCCCO1)S(C)(=O)=O. The summed E-state index contributed by atoms with van der Waals surface area (Å²) >= 11 is 1.27. The topological polar surface area (TPSA) is 122 Å². The zero-order chi connectivity index (χ0) is 26.0. The van der Waals surface area contributed by atoms with Crippen LogP contribution in [0.25, 0.3) is 0 Å². The first-order valence-corrected chi connectivity index (χ1v) is 14.6. The average molecular weight is 535 g/mol. The van der Waals surface area contributed by atoms with Gasteiger partial charge in [-0.1, -0.05) is 5.92 Å². The summed E-state index contributed by atoms with van der Waals surface area (Å²) in [6.07, 6.45) is 4.52. The maximum absolute atomic E-state index is 12.9. The number of aliphatic hydroxyl groups excluding tert-OH is 1. The Morgan fingerprint density at radius 3 is 2.78 bits per heavy atom. The highest BCUT2D eigenvalue weighted by Gasteiger charge is 2.45. The van der Waals surface area contributed by atoms with Gasteiger partial charge < -0.3 is 14.7 Å². The maximum atomic E-state index is 12.9. The van der Waals surface area contributed by atoms with Crippen LogP contribution in [0.4, 0.5) is 0 Å². The molecule has 2 aliphatic heterocycles. The highest BCUT2D eigenvalue weighted by atomic mass is 32.2. The first-order valence-electron chi connectivity index (χ1n) is 11.9. The predicted octanol–water partition coefficient (Wildman–Crippen LogP) is 1.60. The van der Waals surface area contributed by atoms with Crippen molar-refractivity contribution < 1.29 is 32.7 Å². The van der Waals surface area contributed by atoms with Gasteiger partial charge in [-0.25, -0.2) is 18.7 Å². The van der Waals surface area contributed by atoms with Crippen molar-refractivity contribution >= 4 is 33.0 Å². The molecule has 1 aliphatic carbocycles. The lowest BCUT2D eigenvalue weighted by atomic mass is 10.1. The molecule has 4 rings (SSSR count). The Balaban J connectivity index is 1.36. The molecule has 0 radical (unpaired) electrons. The number of aliphatic hydroxyl groups is 1. The van der Waals surface area contributed by atoms with Crippen molar-refractivity contribution in [2.45, 2.75) is 63.0 Å². The lowest BCUT2D eigenvalue weighted by molar-refractivity contribution is -0.201. The molecule has 2 amide bonds. The average Bonchev–Trinajstić information content (AvgIpc) is 3.44. The normalized spacial score (nSPS) is 21.9. The molecule has 3 aliphatic rings. The van der Waals surface area contributed by atoms with Gasteiger partial charge in [0.25, 0.3) is 11.8 Å². The maximum Gasteiger partial charge on any atom is 0.264 e. The van der Waals surface area contributed by atoms with E-state index in [0.29, 0.717) is 24.4 Å². The molecule has 1 saturated carbocycles. The molecule has 9 nitrogen and oxygen atoms in total. The summed E-state index contributed by atoms with van der Waals surface area (Å²) in [6.45, 7) is 2.32. The quantitative estimate of drug-likeness (QED) is 0.384. The third-order valence-electron chi connectivity index (χ3n) is 6.96. The molecule has 0 bridgehead atoms. The number of ether oxygens (including phenoxy) is 1. The van der Waals surface area contributed by atoms with Gasteiger partial charge in [-0.3, -0.25) is 9.59 Å². The Morgan fingerprint density at radius 2 is 2.17 bits per heavy atom. The Labute approximate surface area is 215 Å². The molecule has 2 N–H and O–H groups in total. The van der Waals surface area contributed by atoms with Crippen molar-refractivity contribution in [2.24, 2.45) is 5.41 Å². The van der Waals surface area contributed by atoms with E-state index in [4.69, 9.17) is 9.57 Å². The largest absolute Gasteiger partial charge is 0.395 e. The van der Waals surface area contributed by atoms with Crippen LogP contribution in [-0.2, 0) is 30.8 Å². The van der Waals surface area contributed by atoms with Crippen molar-refractivity contribution in [1.29, 1.82) is 0 Å². The van der Waals surface area contributed by atoms with Crippen LogP contribution >= 0.6 is 11.3 Å². The highest BCUT2D eigenvalue weighted by molar-refractivity contribution is 7.92. The zero-order valence-electron chi connectivity index (χ0n) is 20.4. The summed E-state index contributed by atoms with van der Waals surface area (Å²) in [6, 6.07) is 1.84. The third kappa shape index (κ3) is 5.77. The number of carbonyl (C=O) groups is 2. The first-order chi connectivity index (χ1) is 17.1. The number of nitrogens with one attached hydrogen (secondary N) is 1. The number of rotatable bonds is 8. The molecular formula is C25H30N2O7S2. The molecular weight excluding hydrogens is 504 g/mol. The first kappa shape index (κ1) is 26.6. The zero-order valence-corrected chi connectivity index (χ0v) is 22.0. The van der Waals surface area contributed by atoms with Gasteiger partial charge in [0, 0.05) is 32.4 Å². The van der Waals surface area contributed by atoms with Gasteiger partial charge in [0.2, 0.25) is 0 Å². The monoisotopic (exact) mass is 534 g/mol. The summed E-state index contributed by atoms with van der Waals surface area (Å²) in [7, 11) is -3.82. The summed E-state index contributed by atoms with van der Waals surface area (Å²) in [4.78, 5) is 33.9. The minimum Gasteiger partial charge on any atom is -0.395 e. The van der Waals surface area contributed by atoms with E-state index in [-0.39, 0.29) is 30.9 Å². The fraction of sp³-hybridized carbons (Fsp3) is 0.600. The molecule has 3 heterocycles. The second-order valence-corrected chi connectivity index (χ2v) is 13.2. The number of nitrogens with zero attached hydrogens (tertiary/aromatic N) is 1. The highest BCUT2D eigenvalue weighted by Crippen LogP contribution is 2.44. The van der Waals surface area contributed by atoms with Crippen LogP contribution < -0.4 is 5.48 Å². The van der Waals surface area contributed by atoms with E-state index in [0.717, 1.165) is 42.4 Å². The molecule has 2 fully saturated rings. The lowest BCUT2D eigenvalue weighted by Crippen LogP contribution is -2.52. The van der Waals surface area contributed by atoms with E-state index in [1.54, 1.807) is 0 Å². The third-order valence-corrected chi connectivity index (χ3v) is 10.1. The Morgan fingerprint density at radius 1 is 1.39 bits per heavy atom. The van der Waals surface area contributed by atoms with Crippen molar-refractivity contribution in [3.8, 4) is 23.7 Å². The second-order valence-electron chi connectivity index (χ2n) is 9.73. The number of thiophene rings is 1. The number of sulfone groups is 1. The molecule has 11 heteroatoms. The number of amides is 2. The second kappa shape index (κ2) is 10.5. The molecule has 194 valence electrons. The smallest absolute Gasteiger partial charge is 0.264 e. The Bertz CT molecular complexity index is 1250. The van der Waals surface area contributed by atoms with Crippen molar-refractivity contribution in [3.63, 3.8) is 0 Å². The Kier molecular flexibility index (Phi) is 7.79. The van der Waals surface area contributed by atoms with Gasteiger partial charge in [-0.2, -0.15) is 0 Å². The number of carbonyl (C=O) groups excluding carboxylic acids is 2. The van der Waals surface area contributed by atoms with Gasteiger partial charge >= 0.3 is 0 Å². The van der Waals surface area contributed by atoms with Gasteiger partial charge in [0.1, 0.15) is 0 Å². The van der Waals surface area contributed by atoms with E-state index >= 15 is 0 Å². The van der Waals surface area contributed by atoms with E-state index in [9.17, 15) is 23.1 Å². The fourth-order valence-corrected chi connectivity index (χ4v) is 5.80. The summed E-state index contributed by atoms with van der Waals surface area (Å²) in [5.74, 6) is 10.5. The fourth-order valence-electron chi connectivity index (χ4n) is 3.97. The Hall–Kier alpha value is -2.41. The van der Waals surface area contributed by atoms with E-state index < -0.39 is 26.8 Å². The van der Waals surface area contributed by atoms with Crippen LogP contribution in [0.2, 0.25) is 0 Å². The molecule has 0 aromatic carbocycles. The van der Waals surface area contributed by atoms with Crippen LogP contribution in [0.3, 0.4) is 0 Å². The van der Waals surface area contributed by atoms with Crippen molar-refractivity contribution in [2.75, 3.05) is 26.0 Å². The molecule has 2 atom stereocenters. The molecule has 1 saturated heterocycles. The molecule has 1 aromatic rings. The number of hydrogen-bond acceptors (Lipinski definition) is 8. The number of hydroxylamine groups is 1. The minimum absolute atomic E-state index is 0.0430. The van der Waals surface area contributed by atoms with Crippen LogP contribution in [-0.4, -0.2) is 67.3 Å². The van der Waals surface area contributed by atoms with Crippen LogP contribution in [0, 0.1) is 29.1 Å². The number of fused-ring (bicyclic) bond motifs is 1. The summed E-state index contributed by atoms with van der Waals surface area (Å²) in [5.41, 5.74) is 2.80. The van der Waals surface area contributed by atoms with E-state index in [2.05, 4.69) is 29.2 Å². The van der Waals surface area contributed by atoms with Gasteiger partial charge in [-0.05, 0) is 68.4 Å². The van der Waals surface area contributed by atoms with E-state index in [1.165, 1.54) is 23.2 Å². The summed E-state index contributed by atoms with van der Waals surface area (Å²) < 4.78 is 28.8. The van der Waals surface area contributed by atoms with Gasteiger partial charge in [0.15, 0.2) is 20.9 Å². The molecule has 0 spiro atoms. The van der Waals surface area contributed by atoms with Crippen molar-refractivity contribution in [3.05, 3.63) is 21.4 Å². The van der Waals surface area contributed by atoms with Gasteiger partial charge in [0.05, 0.1) is 21.8 Å². The van der Waals surface area contributed by atoms with Crippen molar-refractivity contribution in [1.82, 2.24) is 10.4 Å². The van der Waals surface area contributed by atoms with Crippen LogP contribution in [0.5, 0.6) is 0 Å². The van der Waals surface area contributed by atoms with E-state index in [1.807, 2.05) is 6.07 Å². The lowest BCUT2D eigenvalue weighted by Gasteiger charge is -2.29. The number of hydrogen-bond donors (Lipinski definition) is 2. The summed E-state index contributed by atoms with van der Waals surface area (Å²) in [5, 5.41) is 9.30. The standard InChI is InChI=1S/C25H30N2O7S2/c1-24(36(2,31)32,23(30)26-34-20-8-4-6-14-33-20)12-13-27-16-18-15-19(35-21(18)22(27)29)7-3-5-9-25(17-28)10-11-25/h15,20,28H,4,6,8,10-14,16-17H2,1-2H3,(H,26,30). The molecule has 36 heavy (non-hydrogen) atoms. The predicted molar refractivity (Wildman–Crippen MR) is 133 cm³/mol. The molecule has 1 aromatic heterocycles. The minimum atomic E-state index is -3.82. The van der Waals surface area contributed by atoms with Crippen LogP contribution in [0.1, 0.15) is 65.6 Å². The van der Waals surface area contributed by atoms with Gasteiger partial charge in [-0.15, -0.1) is 11.3 Å².